The first-order valence-electron chi connectivity index (χ1n) is 9.95. The number of nitrogens with one attached hydrogen (secondary N) is 1. The van der Waals surface area contributed by atoms with Gasteiger partial charge < -0.3 is 24.3 Å². The zero-order valence-electron chi connectivity index (χ0n) is 18.9. The number of anilines is 1. The molecular weight excluding hydrogens is 498 g/mol. The number of halogens is 6. The van der Waals surface area contributed by atoms with Crippen LogP contribution in [-0.2, 0) is 6.18 Å². The highest BCUT2D eigenvalue weighted by Crippen LogP contribution is 2.43. The number of aryl methyl sites for hydroxylation is 1. The zero-order valence-corrected chi connectivity index (χ0v) is 18.9. The Bertz CT molecular complexity index is 1260. The van der Waals surface area contributed by atoms with Crippen LogP contribution < -0.4 is 24.3 Å². The Kier molecular flexibility index (Phi) is 7.51. The van der Waals surface area contributed by atoms with E-state index in [0.717, 1.165) is 32.4 Å². The molecule has 0 spiro atoms. The van der Waals surface area contributed by atoms with E-state index in [1.165, 1.54) is 18.3 Å². The van der Waals surface area contributed by atoms with E-state index in [9.17, 15) is 31.1 Å². The van der Waals surface area contributed by atoms with Gasteiger partial charge in [0.05, 0.1) is 19.8 Å². The van der Waals surface area contributed by atoms with Crippen LogP contribution in [0.25, 0.3) is 0 Å². The molecule has 7 nitrogen and oxygen atoms in total. The van der Waals surface area contributed by atoms with Gasteiger partial charge in [-0.1, -0.05) is 0 Å². The van der Waals surface area contributed by atoms with E-state index in [2.05, 4.69) is 15.0 Å². The van der Waals surface area contributed by atoms with Crippen molar-refractivity contribution < 1.29 is 50.1 Å². The minimum absolute atomic E-state index is 0.290. The van der Waals surface area contributed by atoms with Gasteiger partial charge in [-0.2, -0.15) is 13.2 Å². The standard InChI is InChI=1S/C23H18F6N2O5/c1-12-8-14(6-7-30-12)31-21(32)20-18(34-3)9-13(22(24,25)26)10-19(20)35-16-5-4-15(11-17(16)33-2)36-23(27,28)29/h4-11H,1-3H3,(H,30,31,32). The molecule has 0 aliphatic carbocycles. The average molecular weight is 516 g/mol. The number of aromatic nitrogens is 1. The molecule has 192 valence electrons. The number of alkyl halides is 6. The smallest absolute Gasteiger partial charge is 0.496 e. The maximum Gasteiger partial charge on any atom is 0.573 e. The molecule has 0 aliphatic rings. The van der Waals surface area contributed by atoms with Gasteiger partial charge in [-0.3, -0.25) is 9.78 Å². The van der Waals surface area contributed by atoms with Crippen LogP contribution in [0.4, 0.5) is 32.0 Å². The molecule has 1 amide bonds. The first-order valence-corrected chi connectivity index (χ1v) is 9.95. The fourth-order valence-corrected chi connectivity index (χ4v) is 3.08. The molecule has 0 radical (unpaired) electrons. The SMILES string of the molecule is COc1cc(OC(F)(F)F)ccc1Oc1cc(C(F)(F)F)cc(OC)c1C(=O)Nc1ccnc(C)c1. The van der Waals surface area contributed by atoms with Gasteiger partial charge >= 0.3 is 12.5 Å². The second kappa shape index (κ2) is 10.2. The first kappa shape index (κ1) is 26.4. The lowest BCUT2D eigenvalue weighted by molar-refractivity contribution is -0.274. The van der Waals surface area contributed by atoms with Crippen molar-refractivity contribution in [3.05, 3.63) is 65.5 Å². The van der Waals surface area contributed by atoms with E-state index in [1.54, 1.807) is 6.92 Å². The molecule has 36 heavy (non-hydrogen) atoms. The zero-order chi connectivity index (χ0) is 26.7. The van der Waals surface area contributed by atoms with Crippen LogP contribution in [0.3, 0.4) is 0 Å². The summed E-state index contributed by atoms with van der Waals surface area (Å²) in [6.45, 7) is 1.67. The van der Waals surface area contributed by atoms with E-state index in [4.69, 9.17) is 14.2 Å². The second-order valence-electron chi connectivity index (χ2n) is 7.15. The summed E-state index contributed by atoms with van der Waals surface area (Å²) in [6, 6.07) is 6.86. The molecule has 0 bridgehead atoms. The van der Waals surface area contributed by atoms with Gasteiger partial charge in [0.1, 0.15) is 22.8 Å². The van der Waals surface area contributed by atoms with Gasteiger partial charge in [-0.15, -0.1) is 13.2 Å². The molecule has 0 saturated carbocycles. The monoisotopic (exact) mass is 516 g/mol. The maximum atomic E-state index is 13.5. The molecule has 1 aromatic heterocycles. The topological polar surface area (TPSA) is 78.9 Å². The van der Waals surface area contributed by atoms with Gasteiger partial charge in [0.15, 0.2) is 11.5 Å². The van der Waals surface area contributed by atoms with Crippen molar-refractivity contribution in [2.45, 2.75) is 19.5 Å². The van der Waals surface area contributed by atoms with Crippen LogP contribution in [0, 0.1) is 6.92 Å². The van der Waals surface area contributed by atoms with Crippen LogP contribution in [0.5, 0.6) is 28.7 Å². The van der Waals surface area contributed by atoms with Crippen molar-refractivity contribution in [3.63, 3.8) is 0 Å². The molecule has 1 heterocycles. The number of amides is 1. The predicted octanol–water partition coefficient (Wildman–Crippen LogP) is 6.37. The van der Waals surface area contributed by atoms with E-state index in [-0.39, 0.29) is 11.5 Å². The number of ether oxygens (including phenoxy) is 4. The summed E-state index contributed by atoms with van der Waals surface area (Å²) >= 11 is 0. The van der Waals surface area contributed by atoms with Crippen LogP contribution in [0.2, 0.25) is 0 Å². The number of carbonyl (C=O) groups is 1. The molecule has 3 aromatic rings. The summed E-state index contributed by atoms with van der Waals surface area (Å²) in [5.74, 6) is -3.17. The Morgan fingerprint density at radius 2 is 1.53 bits per heavy atom. The molecule has 3 rings (SSSR count). The maximum absolute atomic E-state index is 13.5. The number of pyridine rings is 1. The fourth-order valence-electron chi connectivity index (χ4n) is 3.08. The molecule has 1 N–H and O–H groups in total. The fraction of sp³-hybridized carbons (Fsp3) is 0.217. The number of hydrogen-bond donors (Lipinski definition) is 1. The Morgan fingerprint density at radius 1 is 0.861 bits per heavy atom. The van der Waals surface area contributed by atoms with E-state index >= 15 is 0 Å². The van der Waals surface area contributed by atoms with Crippen molar-refractivity contribution in [3.8, 4) is 28.7 Å². The highest BCUT2D eigenvalue weighted by atomic mass is 19.4. The summed E-state index contributed by atoms with van der Waals surface area (Å²) in [4.78, 5) is 17.1. The molecule has 2 aromatic carbocycles. The number of methoxy groups -OCH3 is 2. The van der Waals surface area contributed by atoms with E-state index in [1.807, 2.05) is 0 Å². The highest BCUT2D eigenvalue weighted by Gasteiger charge is 2.35. The average Bonchev–Trinajstić information content (AvgIpc) is 2.77. The third kappa shape index (κ3) is 6.49. The lowest BCUT2D eigenvalue weighted by Crippen LogP contribution is -2.17. The number of benzene rings is 2. The third-order valence-electron chi connectivity index (χ3n) is 4.58. The lowest BCUT2D eigenvalue weighted by Gasteiger charge is -2.19. The minimum Gasteiger partial charge on any atom is -0.496 e. The summed E-state index contributed by atoms with van der Waals surface area (Å²) < 4.78 is 97.7. The summed E-state index contributed by atoms with van der Waals surface area (Å²) in [6.07, 6.45) is -8.41. The lowest BCUT2D eigenvalue weighted by atomic mass is 10.1. The number of nitrogens with zero attached hydrogens (tertiary/aromatic N) is 1. The second-order valence-corrected chi connectivity index (χ2v) is 7.15. The quantitative estimate of drug-likeness (QED) is 0.368. The number of rotatable bonds is 7. The normalized spacial score (nSPS) is 11.6. The van der Waals surface area contributed by atoms with E-state index in [0.29, 0.717) is 23.5 Å². The number of hydrogen-bond acceptors (Lipinski definition) is 6. The molecule has 13 heteroatoms. The van der Waals surface area contributed by atoms with Gasteiger partial charge in [0.2, 0.25) is 0 Å². The van der Waals surface area contributed by atoms with Crippen molar-refractivity contribution >= 4 is 11.6 Å². The molecular formula is C23H18F6N2O5. The summed E-state index contributed by atoms with van der Waals surface area (Å²) in [7, 11) is 2.17. The highest BCUT2D eigenvalue weighted by molar-refractivity contribution is 6.08. The molecule has 0 fully saturated rings. The number of carbonyl (C=O) groups excluding carboxylic acids is 1. The minimum atomic E-state index is -4.99. The Hall–Kier alpha value is -4.16. The van der Waals surface area contributed by atoms with Crippen molar-refractivity contribution in [1.29, 1.82) is 0 Å². The Morgan fingerprint density at radius 3 is 2.11 bits per heavy atom. The van der Waals surface area contributed by atoms with Crippen LogP contribution >= 0.6 is 0 Å². The summed E-state index contributed by atoms with van der Waals surface area (Å²) in [5.41, 5.74) is -0.736. The van der Waals surface area contributed by atoms with Gasteiger partial charge in [0.25, 0.3) is 5.91 Å². The van der Waals surface area contributed by atoms with Gasteiger partial charge in [-0.25, -0.2) is 0 Å². The Labute approximate surface area is 200 Å². The largest absolute Gasteiger partial charge is 0.573 e. The Balaban J connectivity index is 2.10. The van der Waals surface area contributed by atoms with Gasteiger partial charge in [0, 0.05) is 23.6 Å². The van der Waals surface area contributed by atoms with Crippen LogP contribution in [0.15, 0.2) is 48.7 Å². The van der Waals surface area contributed by atoms with Crippen LogP contribution in [0.1, 0.15) is 21.6 Å². The predicted molar refractivity (Wildman–Crippen MR) is 115 cm³/mol. The summed E-state index contributed by atoms with van der Waals surface area (Å²) in [5, 5.41) is 2.53. The molecule has 0 atom stereocenters. The van der Waals surface area contributed by atoms with Crippen molar-refractivity contribution in [1.82, 2.24) is 4.98 Å². The van der Waals surface area contributed by atoms with Gasteiger partial charge in [-0.05, 0) is 43.3 Å². The van der Waals surface area contributed by atoms with Crippen molar-refractivity contribution in [2.75, 3.05) is 19.5 Å². The molecule has 0 aliphatic heterocycles. The molecule has 0 unspecified atom stereocenters. The first-order chi connectivity index (χ1) is 16.8. The van der Waals surface area contributed by atoms with Crippen molar-refractivity contribution in [2.24, 2.45) is 0 Å². The molecule has 0 saturated heterocycles. The van der Waals surface area contributed by atoms with E-state index < -0.39 is 46.8 Å². The van der Waals surface area contributed by atoms with Crippen LogP contribution in [-0.4, -0.2) is 31.5 Å². The third-order valence-corrected chi connectivity index (χ3v) is 4.58.